The minimum atomic E-state index is -0.878. The van der Waals surface area contributed by atoms with Crippen LogP contribution in [-0.2, 0) is 19.3 Å². The SMILES string of the molecule is NC1(Cc2[nH]c3c(c2C(=O)O)CCc2cnc(-c4cccnc4)cc2-3)CC1. The van der Waals surface area contributed by atoms with Crippen molar-refractivity contribution in [1.29, 1.82) is 0 Å². The lowest BCUT2D eigenvalue weighted by Gasteiger charge is -2.17. The number of nitrogens with zero attached hydrogens (tertiary/aromatic N) is 2. The minimum absolute atomic E-state index is 0.250. The van der Waals surface area contributed by atoms with Gasteiger partial charge in [0.15, 0.2) is 0 Å². The molecule has 3 aromatic rings. The van der Waals surface area contributed by atoms with E-state index in [1.165, 1.54) is 0 Å². The third kappa shape index (κ3) is 2.73. The molecular weight excluding hydrogens is 340 g/mol. The van der Waals surface area contributed by atoms with Crippen molar-refractivity contribution in [3.05, 3.63) is 59.2 Å². The smallest absolute Gasteiger partial charge is 0.337 e. The van der Waals surface area contributed by atoms with Gasteiger partial charge in [-0.25, -0.2) is 4.79 Å². The zero-order chi connectivity index (χ0) is 18.6. The van der Waals surface area contributed by atoms with Crippen LogP contribution in [0.15, 0.2) is 36.8 Å². The van der Waals surface area contributed by atoms with E-state index in [0.29, 0.717) is 18.4 Å². The molecule has 6 nitrogen and oxygen atoms in total. The summed E-state index contributed by atoms with van der Waals surface area (Å²) in [5, 5.41) is 9.83. The number of aromatic nitrogens is 3. The highest BCUT2D eigenvalue weighted by molar-refractivity contribution is 5.94. The molecule has 0 bridgehead atoms. The summed E-state index contributed by atoms with van der Waals surface area (Å²) in [7, 11) is 0. The first-order chi connectivity index (χ1) is 13.0. The third-order valence-corrected chi connectivity index (χ3v) is 5.67. The Hall–Kier alpha value is -2.99. The van der Waals surface area contributed by atoms with Gasteiger partial charge in [0.05, 0.1) is 17.0 Å². The molecule has 0 aliphatic heterocycles. The second kappa shape index (κ2) is 5.76. The summed E-state index contributed by atoms with van der Waals surface area (Å²) in [6.45, 7) is 0. The molecule has 1 saturated carbocycles. The molecule has 5 rings (SSSR count). The van der Waals surface area contributed by atoms with Gasteiger partial charge in [-0.3, -0.25) is 9.97 Å². The number of H-pyrrole nitrogens is 1. The van der Waals surface area contributed by atoms with Gasteiger partial charge in [0.2, 0.25) is 0 Å². The summed E-state index contributed by atoms with van der Waals surface area (Å²) in [6, 6.07) is 5.89. The first-order valence-corrected chi connectivity index (χ1v) is 9.20. The molecule has 136 valence electrons. The monoisotopic (exact) mass is 360 g/mol. The lowest BCUT2D eigenvalue weighted by molar-refractivity contribution is 0.0694. The van der Waals surface area contributed by atoms with Crippen LogP contribution in [0.5, 0.6) is 0 Å². The summed E-state index contributed by atoms with van der Waals surface area (Å²) >= 11 is 0. The van der Waals surface area contributed by atoms with Gasteiger partial charge in [-0.1, -0.05) is 0 Å². The molecule has 0 spiro atoms. The van der Waals surface area contributed by atoms with Crippen molar-refractivity contribution in [3.63, 3.8) is 0 Å². The average molecular weight is 360 g/mol. The van der Waals surface area contributed by atoms with Crippen LogP contribution >= 0.6 is 0 Å². The molecule has 0 saturated heterocycles. The topological polar surface area (TPSA) is 105 Å². The van der Waals surface area contributed by atoms with Crippen LogP contribution < -0.4 is 5.73 Å². The number of carboxylic acids is 1. The van der Waals surface area contributed by atoms with Gasteiger partial charge in [0.25, 0.3) is 0 Å². The summed E-state index contributed by atoms with van der Waals surface area (Å²) < 4.78 is 0. The van der Waals surface area contributed by atoms with Crippen molar-refractivity contribution in [1.82, 2.24) is 15.0 Å². The molecule has 0 amide bonds. The highest BCUT2D eigenvalue weighted by Gasteiger charge is 2.40. The quantitative estimate of drug-likeness (QED) is 0.663. The Morgan fingerprint density at radius 2 is 2.15 bits per heavy atom. The largest absolute Gasteiger partial charge is 0.478 e. The van der Waals surface area contributed by atoms with E-state index in [0.717, 1.165) is 58.6 Å². The van der Waals surface area contributed by atoms with E-state index in [1.807, 2.05) is 24.4 Å². The lowest BCUT2D eigenvalue weighted by atomic mass is 9.88. The molecule has 3 aromatic heterocycles. The van der Waals surface area contributed by atoms with Gasteiger partial charge in [0.1, 0.15) is 0 Å². The first kappa shape index (κ1) is 16.2. The number of aromatic carboxylic acids is 1. The van der Waals surface area contributed by atoms with Crippen molar-refractivity contribution in [2.45, 2.75) is 37.6 Å². The van der Waals surface area contributed by atoms with Gasteiger partial charge in [-0.05, 0) is 55.0 Å². The van der Waals surface area contributed by atoms with Crippen molar-refractivity contribution in [2.24, 2.45) is 5.73 Å². The maximum atomic E-state index is 12.0. The van der Waals surface area contributed by atoms with E-state index in [2.05, 4.69) is 15.0 Å². The summed E-state index contributed by atoms with van der Waals surface area (Å²) in [5.41, 5.74) is 12.9. The average Bonchev–Trinajstić information content (AvgIpc) is 3.27. The Labute approximate surface area is 156 Å². The number of carboxylic acid groups (broad SMARTS) is 1. The molecule has 1 fully saturated rings. The number of pyridine rings is 2. The second-order valence-electron chi connectivity index (χ2n) is 7.64. The molecule has 0 aromatic carbocycles. The molecule has 0 atom stereocenters. The Morgan fingerprint density at radius 3 is 2.85 bits per heavy atom. The van der Waals surface area contributed by atoms with Gasteiger partial charge in [-0.2, -0.15) is 0 Å². The maximum absolute atomic E-state index is 12.0. The standard InChI is InChI=1S/C21H20N4O2/c22-21(5-6-21)9-17-18(20(26)27)14-4-3-12-11-24-16(8-15(12)19(14)25-17)13-2-1-7-23-10-13/h1-2,7-8,10-11,25H,3-6,9,22H2,(H,26,27). The highest BCUT2D eigenvalue weighted by Crippen LogP contribution is 2.41. The molecular formula is C21H20N4O2. The molecule has 2 aliphatic carbocycles. The molecule has 27 heavy (non-hydrogen) atoms. The summed E-state index contributed by atoms with van der Waals surface area (Å²) in [6.07, 6.45) is 9.37. The molecule has 0 radical (unpaired) electrons. The minimum Gasteiger partial charge on any atom is -0.478 e. The fraction of sp³-hybridized carbons (Fsp3) is 0.286. The number of rotatable bonds is 4. The molecule has 4 N–H and O–H groups in total. The number of aryl methyl sites for hydroxylation is 1. The molecule has 2 aliphatic rings. The zero-order valence-electron chi connectivity index (χ0n) is 14.8. The van der Waals surface area contributed by atoms with Crippen LogP contribution in [0.3, 0.4) is 0 Å². The summed E-state index contributed by atoms with van der Waals surface area (Å²) in [4.78, 5) is 24.1. The Balaban J connectivity index is 1.65. The Morgan fingerprint density at radius 1 is 1.30 bits per heavy atom. The maximum Gasteiger partial charge on any atom is 0.337 e. The van der Waals surface area contributed by atoms with E-state index < -0.39 is 5.97 Å². The van der Waals surface area contributed by atoms with E-state index in [-0.39, 0.29) is 5.54 Å². The highest BCUT2D eigenvalue weighted by atomic mass is 16.4. The van der Waals surface area contributed by atoms with Crippen LogP contribution in [-0.4, -0.2) is 31.6 Å². The third-order valence-electron chi connectivity index (χ3n) is 5.67. The Kier molecular flexibility index (Phi) is 3.45. The van der Waals surface area contributed by atoms with Crippen LogP contribution in [0, 0.1) is 0 Å². The number of nitrogens with two attached hydrogens (primary N) is 1. The lowest BCUT2D eigenvalue weighted by Crippen LogP contribution is -2.25. The first-order valence-electron chi connectivity index (χ1n) is 9.20. The van der Waals surface area contributed by atoms with Crippen molar-refractivity contribution in [3.8, 4) is 22.5 Å². The number of carbonyl (C=O) groups is 1. The van der Waals surface area contributed by atoms with E-state index in [1.54, 1.807) is 12.4 Å². The number of nitrogens with one attached hydrogen (secondary N) is 1. The molecule has 3 heterocycles. The second-order valence-corrected chi connectivity index (χ2v) is 7.64. The zero-order valence-corrected chi connectivity index (χ0v) is 14.8. The van der Waals surface area contributed by atoms with Gasteiger partial charge >= 0.3 is 5.97 Å². The van der Waals surface area contributed by atoms with Gasteiger partial charge in [0, 0.05) is 47.4 Å². The number of hydrogen-bond acceptors (Lipinski definition) is 4. The Bertz CT molecular complexity index is 1050. The number of aromatic amines is 1. The predicted molar refractivity (Wildman–Crippen MR) is 101 cm³/mol. The van der Waals surface area contributed by atoms with Crippen molar-refractivity contribution in [2.75, 3.05) is 0 Å². The van der Waals surface area contributed by atoms with Crippen LogP contribution in [0.1, 0.15) is 40.0 Å². The van der Waals surface area contributed by atoms with Gasteiger partial charge in [-0.15, -0.1) is 0 Å². The fourth-order valence-electron chi connectivity index (χ4n) is 4.00. The predicted octanol–water partition coefficient (Wildman–Crippen LogP) is 2.97. The van der Waals surface area contributed by atoms with E-state index >= 15 is 0 Å². The number of fused-ring (bicyclic) bond motifs is 3. The van der Waals surface area contributed by atoms with Crippen LogP contribution in [0.25, 0.3) is 22.5 Å². The normalized spacial score (nSPS) is 16.5. The number of hydrogen-bond donors (Lipinski definition) is 3. The van der Waals surface area contributed by atoms with Crippen molar-refractivity contribution >= 4 is 5.97 Å². The summed E-state index contributed by atoms with van der Waals surface area (Å²) in [5.74, 6) is -0.878. The van der Waals surface area contributed by atoms with Crippen LogP contribution in [0.4, 0.5) is 0 Å². The molecule has 6 heteroatoms. The van der Waals surface area contributed by atoms with E-state index in [9.17, 15) is 9.90 Å². The van der Waals surface area contributed by atoms with Gasteiger partial charge < -0.3 is 15.8 Å². The van der Waals surface area contributed by atoms with Crippen LogP contribution in [0.2, 0.25) is 0 Å². The van der Waals surface area contributed by atoms with Crippen molar-refractivity contribution < 1.29 is 9.90 Å². The molecule has 0 unspecified atom stereocenters. The fourth-order valence-corrected chi connectivity index (χ4v) is 4.00. The van der Waals surface area contributed by atoms with E-state index in [4.69, 9.17) is 5.73 Å².